The standard InChI is InChI=1S/C20H40N4O3S/c1-6-8-13-27-18-14-17(20(18,3)4)23-19(21-7-2)22-15-16-9-11-24(12-10-16)28(5,25)26/h16-18H,6-15H2,1-5H3,(H2,21,22,23). The highest BCUT2D eigenvalue weighted by Crippen LogP contribution is 2.42. The van der Waals surface area contributed by atoms with E-state index in [0.29, 0.717) is 31.2 Å². The minimum atomic E-state index is -3.07. The Labute approximate surface area is 171 Å². The highest BCUT2D eigenvalue weighted by atomic mass is 32.2. The van der Waals surface area contributed by atoms with Crippen molar-refractivity contribution in [1.82, 2.24) is 14.9 Å². The average Bonchev–Trinajstić information content (AvgIpc) is 2.64. The van der Waals surface area contributed by atoms with Crippen LogP contribution in [0.3, 0.4) is 0 Å². The summed E-state index contributed by atoms with van der Waals surface area (Å²) in [6.45, 7) is 12.4. The maximum absolute atomic E-state index is 11.6. The number of guanidine groups is 1. The van der Waals surface area contributed by atoms with E-state index >= 15 is 0 Å². The number of unbranched alkanes of at least 4 members (excludes halogenated alkanes) is 1. The van der Waals surface area contributed by atoms with Crippen LogP contribution >= 0.6 is 0 Å². The van der Waals surface area contributed by atoms with Gasteiger partial charge in [0, 0.05) is 44.2 Å². The van der Waals surface area contributed by atoms with E-state index in [0.717, 1.165) is 57.8 Å². The first kappa shape index (κ1) is 23.4. The van der Waals surface area contributed by atoms with Gasteiger partial charge in [-0.2, -0.15) is 0 Å². The van der Waals surface area contributed by atoms with Gasteiger partial charge in [-0.3, -0.25) is 4.99 Å². The van der Waals surface area contributed by atoms with Crippen LogP contribution < -0.4 is 10.6 Å². The molecule has 1 saturated heterocycles. The Morgan fingerprint density at radius 1 is 1.25 bits per heavy atom. The van der Waals surface area contributed by atoms with Crippen LogP contribution in [-0.4, -0.2) is 69.9 Å². The van der Waals surface area contributed by atoms with E-state index in [1.165, 1.54) is 6.26 Å². The zero-order valence-corrected chi connectivity index (χ0v) is 19.1. The summed E-state index contributed by atoms with van der Waals surface area (Å²) in [4.78, 5) is 4.80. The zero-order chi connectivity index (χ0) is 20.8. The van der Waals surface area contributed by atoms with Crippen molar-refractivity contribution in [3.63, 3.8) is 0 Å². The highest BCUT2D eigenvalue weighted by molar-refractivity contribution is 7.88. The number of ether oxygens (including phenoxy) is 1. The number of hydrogen-bond donors (Lipinski definition) is 2. The van der Waals surface area contributed by atoms with Crippen LogP contribution in [0, 0.1) is 11.3 Å². The molecule has 1 saturated carbocycles. The summed E-state index contributed by atoms with van der Waals surface area (Å²) in [6.07, 6.45) is 6.63. The van der Waals surface area contributed by atoms with Gasteiger partial charge in [0.05, 0.1) is 12.4 Å². The van der Waals surface area contributed by atoms with Crippen LogP contribution in [0.2, 0.25) is 0 Å². The number of piperidine rings is 1. The van der Waals surface area contributed by atoms with Crippen molar-refractivity contribution in [2.45, 2.75) is 71.9 Å². The maximum atomic E-state index is 11.6. The Morgan fingerprint density at radius 3 is 2.46 bits per heavy atom. The van der Waals surface area contributed by atoms with Gasteiger partial charge in [-0.1, -0.05) is 27.2 Å². The molecule has 2 fully saturated rings. The number of nitrogens with zero attached hydrogens (tertiary/aromatic N) is 2. The van der Waals surface area contributed by atoms with E-state index in [4.69, 9.17) is 9.73 Å². The smallest absolute Gasteiger partial charge is 0.211 e. The van der Waals surface area contributed by atoms with E-state index in [9.17, 15) is 8.42 Å². The molecule has 2 atom stereocenters. The fourth-order valence-corrected chi connectivity index (χ4v) is 4.79. The van der Waals surface area contributed by atoms with Crippen LogP contribution in [0.1, 0.15) is 59.8 Å². The van der Waals surface area contributed by atoms with Crippen molar-refractivity contribution < 1.29 is 13.2 Å². The Kier molecular flexibility index (Phi) is 8.58. The first-order valence-electron chi connectivity index (χ1n) is 10.8. The van der Waals surface area contributed by atoms with Gasteiger partial charge in [-0.15, -0.1) is 0 Å². The molecule has 0 radical (unpaired) electrons. The minimum Gasteiger partial charge on any atom is -0.378 e. The summed E-state index contributed by atoms with van der Waals surface area (Å²) in [5.74, 6) is 1.30. The van der Waals surface area contributed by atoms with Crippen LogP contribution in [0.15, 0.2) is 4.99 Å². The van der Waals surface area contributed by atoms with Crippen LogP contribution in [0.4, 0.5) is 0 Å². The third-order valence-corrected chi connectivity index (χ3v) is 7.50. The summed E-state index contributed by atoms with van der Waals surface area (Å²) in [5, 5.41) is 6.94. The molecule has 28 heavy (non-hydrogen) atoms. The molecule has 7 nitrogen and oxygen atoms in total. The van der Waals surface area contributed by atoms with Crippen LogP contribution in [0.25, 0.3) is 0 Å². The lowest BCUT2D eigenvalue weighted by molar-refractivity contribution is -0.113. The Bertz CT molecular complexity index is 613. The fourth-order valence-electron chi connectivity index (χ4n) is 3.91. The molecule has 0 aromatic heterocycles. The van der Waals surface area contributed by atoms with Gasteiger partial charge in [-0.05, 0) is 38.5 Å². The summed E-state index contributed by atoms with van der Waals surface area (Å²) in [6, 6.07) is 0.351. The van der Waals surface area contributed by atoms with Gasteiger partial charge in [-0.25, -0.2) is 12.7 Å². The van der Waals surface area contributed by atoms with Crippen molar-refractivity contribution in [2.24, 2.45) is 16.3 Å². The average molecular weight is 417 g/mol. The van der Waals surface area contributed by atoms with Crippen molar-refractivity contribution in [1.29, 1.82) is 0 Å². The Hall–Kier alpha value is -0.860. The van der Waals surface area contributed by atoms with E-state index in [-0.39, 0.29) is 5.41 Å². The second-order valence-electron chi connectivity index (χ2n) is 8.79. The van der Waals surface area contributed by atoms with Crippen molar-refractivity contribution in [2.75, 3.05) is 39.0 Å². The molecule has 1 aliphatic carbocycles. The Morgan fingerprint density at radius 2 is 1.93 bits per heavy atom. The van der Waals surface area contributed by atoms with Crippen molar-refractivity contribution >= 4 is 16.0 Å². The summed E-state index contributed by atoms with van der Waals surface area (Å²) in [7, 11) is -3.07. The lowest BCUT2D eigenvalue weighted by Gasteiger charge is -2.52. The molecule has 8 heteroatoms. The lowest BCUT2D eigenvalue weighted by Crippen LogP contribution is -2.63. The fraction of sp³-hybridized carbons (Fsp3) is 0.950. The molecule has 2 aliphatic rings. The third kappa shape index (κ3) is 6.32. The molecule has 0 aromatic rings. The topological polar surface area (TPSA) is 83.0 Å². The Balaban J connectivity index is 1.83. The van der Waals surface area contributed by atoms with E-state index in [1.807, 2.05) is 0 Å². The molecule has 164 valence electrons. The van der Waals surface area contributed by atoms with E-state index < -0.39 is 10.0 Å². The van der Waals surface area contributed by atoms with E-state index in [1.54, 1.807) is 4.31 Å². The molecule has 0 amide bonds. The normalized spacial score (nSPS) is 26.7. The first-order chi connectivity index (χ1) is 13.2. The minimum absolute atomic E-state index is 0.0881. The number of sulfonamides is 1. The second kappa shape index (κ2) is 10.3. The van der Waals surface area contributed by atoms with Crippen LogP contribution in [-0.2, 0) is 14.8 Å². The van der Waals surface area contributed by atoms with Crippen LogP contribution in [0.5, 0.6) is 0 Å². The largest absolute Gasteiger partial charge is 0.378 e. The maximum Gasteiger partial charge on any atom is 0.211 e. The van der Waals surface area contributed by atoms with Crippen molar-refractivity contribution in [3.05, 3.63) is 0 Å². The van der Waals surface area contributed by atoms with Gasteiger partial charge in [0.2, 0.25) is 10.0 Å². The molecule has 0 spiro atoms. The molecule has 0 aromatic carbocycles. The molecule has 2 rings (SSSR count). The van der Waals surface area contributed by atoms with Gasteiger partial charge in [0.1, 0.15) is 0 Å². The van der Waals surface area contributed by atoms with E-state index in [2.05, 4.69) is 38.3 Å². The van der Waals surface area contributed by atoms with Gasteiger partial charge in [0.25, 0.3) is 0 Å². The molecular formula is C20H40N4O3S. The second-order valence-corrected chi connectivity index (χ2v) is 10.8. The van der Waals surface area contributed by atoms with Gasteiger partial charge < -0.3 is 15.4 Å². The lowest BCUT2D eigenvalue weighted by atomic mass is 9.64. The molecule has 2 N–H and O–H groups in total. The molecule has 0 bridgehead atoms. The molecule has 1 aliphatic heterocycles. The SMILES string of the molecule is CCCCOC1CC(NC(=NCC2CCN(S(C)(=O)=O)CC2)NCC)C1(C)C. The molecule has 2 unspecified atom stereocenters. The van der Waals surface area contributed by atoms with Gasteiger partial charge in [0.15, 0.2) is 5.96 Å². The number of hydrogen-bond acceptors (Lipinski definition) is 4. The number of rotatable bonds is 9. The zero-order valence-electron chi connectivity index (χ0n) is 18.3. The number of nitrogens with one attached hydrogen (secondary N) is 2. The third-order valence-electron chi connectivity index (χ3n) is 6.20. The quantitative estimate of drug-likeness (QED) is 0.342. The predicted molar refractivity (Wildman–Crippen MR) is 115 cm³/mol. The first-order valence-corrected chi connectivity index (χ1v) is 12.6. The highest BCUT2D eigenvalue weighted by Gasteiger charge is 2.49. The summed E-state index contributed by atoms with van der Waals surface area (Å²) >= 11 is 0. The monoisotopic (exact) mass is 416 g/mol. The molecule has 1 heterocycles. The summed E-state index contributed by atoms with van der Waals surface area (Å²) in [5.41, 5.74) is 0.0881. The van der Waals surface area contributed by atoms with Gasteiger partial charge >= 0.3 is 0 Å². The molecular weight excluding hydrogens is 376 g/mol. The summed E-state index contributed by atoms with van der Waals surface area (Å²) < 4.78 is 30.9. The number of aliphatic imine (C=N–C) groups is 1. The van der Waals surface area contributed by atoms with Crippen molar-refractivity contribution in [3.8, 4) is 0 Å². The predicted octanol–water partition coefficient (Wildman–Crippen LogP) is 2.20.